The number of ether oxygens (including phenoxy) is 3. The number of carbonyl (C=O) groups is 1. The summed E-state index contributed by atoms with van der Waals surface area (Å²) in [5.41, 5.74) is 0.997. The van der Waals surface area contributed by atoms with Gasteiger partial charge in [0.05, 0.1) is 33.1 Å². The van der Waals surface area contributed by atoms with E-state index in [1.165, 1.54) is 4.31 Å². The molecule has 0 aliphatic carbocycles. The summed E-state index contributed by atoms with van der Waals surface area (Å²) in [6, 6.07) is 9.60. The molecule has 8 nitrogen and oxygen atoms in total. The Bertz CT molecular complexity index is 979. The maximum absolute atomic E-state index is 13.3. The monoisotopic (exact) mass is 512 g/mol. The van der Waals surface area contributed by atoms with Gasteiger partial charge < -0.3 is 19.1 Å². The normalized spacial score (nSPS) is 11.6. The zero-order chi connectivity index (χ0) is 25.0. The number of benzene rings is 1. The van der Waals surface area contributed by atoms with Crippen LogP contribution in [0.5, 0.6) is 11.5 Å². The number of nitrogens with zero attached hydrogens (tertiary/aromatic N) is 2. The van der Waals surface area contributed by atoms with Gasteiger partial charge in [-0.3, -0.25) is 4.79 Å². The molecule has 0 saturated heterocycles. The highest BCUT2D eigenvalue weighted by Crippen LogP contribution is 2.28. The van der Waals surface area contributed by atoms with Gasteiger partial charge in [0.15, 0.2) is 11.5 Å². The molecule has 0 atom stereocenters. The summed E-state index contributed by atoms with van der Waals surface area (Å²) in [4.78, 5) is 16.1. The largest absolute Gasteiger partial charge is 0.493 e. The van der Waals surface area contributed by atoms with Gasteiger partial charge in [-0.2, -0.15) is 4.31 Å². The second kappa shape index (κ2) is 14.3. The predicted molar refractivity (Wildman–Crippen MR) is 135 cm³/mol. The predicted octanol–water partition coefficient (Wildman–Crippen LogP) is 3.41. The average Bonchev–Trinajstić information content (AvgIpc) is 3.36. The summed E-state index contributed by atoms with van der Waals surface area (Å²) in [6.45, 7) is 5.47. The van der Waals surface area contributed by atoms with Gasteiger partial charge in [-0.15, -0.1) is 11.3 Å². The molecule has 0 spiro atoms. The lowest BCUT2D eigenvalue weighted by molar-refractivity contribution is -0.132. The summed E-state index contributed by atoms with van der Waals surface area (Å²) in [5.74, 6) is 1.00. The van der Waals surface area contributed by atoms with Crippen LogP contribution in [0.2, 0.25) is 0 Å². The SMILES string of the molecule is CCOCCCN(CC(=O)N(CCc1ccc(OC)c(OC)c1)Cc1cccs1)S(=O)(=O)CC. The molecule has 10 heteroatoms. The molecule has 1 heterocycles. The lowest BCUT2D eigenvalue weighted by Gasteiger charge is -2.27. The number of hydrogen-bond donors (Lipinski definition) is 0. The van der Waals surface area contributed by atoms with Crippen LogP contribution in [0.4, 0.5) is 0 Å². The Balaban J connectivity index is 2.15. The first-order valence-electron chi connectivity index (χ1n) is 11.4. The highest BCUT2D eigenvalue weighted by Gasteiger charge is 2.25. The molecule has 1 aromatic carbocycles. The van der Waals surface area contributed by atoms with Crippen LogP contribution in [-0.2, 0) is 32.5 Å². The molecule has 0 unspecified atom stereocenters. The van der Waals surface area contributed by atoms with E-state index in [0.717, 1.165) is 10.4 Å². The Labute approximate surface area is 207 Å². The van der Waals surface area contributed by atoms with Crippen molar-refractivity contribution >= 4 is 27.3 Å². The summed E-state index contributed by atoms with van der Waals surface area (Å²) in [7, 11) is -0.347. The standard InChI is InChI=1S/C24H36N2O6S2/c1-5-32-15-8-13-26(34(28,29)6-2)19-24(27)25(18-21-9-7-16-33-21)14-12-20-10-11-22(30-3)23(17-20)31-4/h7,9-11,16-17H,5-6,8,12-15,18-19H2,1-4H3. The molecule has 0 aliphatic rings. The number of thiophene rings is 1. The number of rotatable bonds is 16. The first kappa shape index (κ1) is 28.1. The average molecular weight is 513 g/mol. The minimum atomic E-state index is -3.52. The van der Waals surface area contributed by atoms with Gasteiger partial charge in [-0.1, -0.05) is 12.1 Å². The van der Waals surface area contributed by atoms with E-state index in [0.29, 0.717) is 50.6 Å². The van der Waals surface area contributed by atoms with Gasteiger partial charge in [0.25, 0.3) is 0 Å². The summed E-state index contributed by atoms with van der Waals surface area (Å²) in [5, 5.41) is 1.97. The minimum absolute atomic E-state index is 0.0501. The lowest BCUT2D eigenvalue weighted by atomic mass is 10.1. The quantitative estimate of drug-likeness (QED) is 0.321. The number of carbonyl (C=O) groups excluding carboxylic acids is 1. The molecular formula is C24H36N2O6S2. The molecule has 0 bridgehead atoms. The van der Waals surface area contributed by atoms with E-state index in [1.54, 1.807) is 37.4 Å². The molecular weight excluding hydrogens is 476 g/mol. The molecule has 1 aromatic heterocycles. The van der Waals surface area contributed by atoms with Gasteiger partial charge in [-0.25, -0.2) is 8.42 Å². The first-order chi connectivity index (χ1) is 16.3. The van der Waals surface area contributed by atoms with E-state index in [-0.39, 0.29) is 24.7 Å². The molecule has 190 valence electrons. The van der Waals surface area contributed by atoms with Crippen molar-refractivity contribution in [3.63, 3.8) is 0 Å². The van der Waals surface area contributed by atoms with Gasteiger partial charge in [0, 0.05) is 31.2 Å². The van der Waals surface area contributed by atoms with Crippen LogP contribution in [0.3, 0.4) is 0 Å². The van der Waals surface area contributed by atoms with Gasteiger partial charge in [0.2, 0.25) is 15.9 Å². The Morgan fingerprint density at radius 3 is 2.44 bits per heavy atom. The number of hydrogen-bond acceptors (Lipinski definition) is 7. The van der Waals surface area contributed by atoms with Crippen molar-refractivity contribution in [3.05, 3.63) is 46.2 Å². The summed E-state index contributed by atoms with van der Waals surface area (Å²) in [6.07, 6.45) is 1.14. The Morgan fingerprint density at radius 1 is 1.06 bits per heavy atom. The number of amides is 1. The second-order valence-electron chi connectivity index (χ2n) is 7.62. The third-order valence-electron chi connectivity index (χ3n) is 5.37. The molecule has 0 N–H and O–H groups in total. The number of methoxy groups -OCH3 is 2. The number of sulfonamides is 1. The Hall–Kier alpha value is -2.14. The molecule has 0 aliphatic heterocycles. The van der Waals surface area contributed by atoms with Crippen molar-refractivity contribution in [2.75, 3.05) is 52.8 Å². The maximum Gasteiger partial charge on any atom is 0.238 e. The molecule has 34 heavy (non-hydrogen) atoms. The van der Waals surface area contributed by atoms with E-state index in [2.05, 4.69) is 0 Å². The topological polar surface area (TPSA) is 85.4 Å². The molecule has 2 aromatic rings. The van der Waals surface area contributed by atoms with Crippen molar-refractivity contribution in [2.24, 2.45) is 0 Å². The summed E-state index contributed by atoms with van der Waals surface area (Å²) >= 11 is 1.57. The van der Waals surface area contributed by atoms with Crippen molar-refractivity contribution in [1.82, 2.24) is 9.21 Å². The molecule has 0 radical (unpaired) electrons. The van der Waals surface area contributed by atoms with Gasteiger partial charge >= 0.3 is 0 Å². The van der Waals surface area contributed by atoms with Crippen LogP contribution in [0.15, 0.2) is 35.7 Å². The minimum Gasteiger partial charge on any atom is -0.493 e. The van der Waals surface area contributed by atoms with Crippen LogP contribution >= 0.6 is 11.3 Å². The van der Waals surface area contributed by atoms with Crippen molar-refractivity contribution in [1.29, 1.82) is 0 Å². The lowest BCUT2D eigenvalue weighted by Crippen LogP contribution is -2.44. The Kier molecular flexibility index (Phi) is 11.8. The fourth-order valence-corrected chi connectivity index (χ4v) is 5.22. The fraction of sp³-hybridized carbons (Fsp3) is 0.542. The van der Waals surface area contributed by atoms with Crippen molar-refractivity contribution < 1.29 is 27.4 Å². The smallest absolute Gasteiger partial charge is 0.238 e. The van der Waals surface area contributed by atoms with Crippen LogP contribution in [0, 0.1) is 0 Å². The van der Waals surface area contributed by atoms with Gasteiger partial charge in [-0.05, 0) is 55.8 Å². The van der Waals surface area contributed by atoms with E-state index in [1.807, 2.05) is 42.6 Å². The van der Waals surface area contributed by atoms with Crippen LogP contribution in [-0.4, -0.2) is 76.4 Å². The molecule has 1 amide bonds. The first-order valence-corrected chi connectivity index (χ1v) is 13.9. The van der Waals surface area contributed by atoms with Crippen LogP contribution in [0.1, 0.15) is 30.7 Å². The van der Waals surface area contributed by atoms with E-state index >= 15 is 0 Å². The highest BCUT2D eigenvalue weighted by atomic mass is 32.2. The van der Waals surface area contributed by atoms with Crippen molar-refractivity contribution in [2.45, 2.75) is 33.2 Å². The third kappa shape index (κ3) is 8.57. The molecule has 0 fully saturated rings. The van der Waals surface area contributed by atoms with E-state index < -0.39 is 10.0 Å². The van der Waals surface area contributed by atoms with Crippen LogP contribution < -0.4 is 9.47 Å². The molecule has 0 saturated carbocycles. The zero-order valence-corrected chi connectivity index (χ0v) is 22.1. The van der Waals surface area contributed by atoms with E-state index in [9.17, 15) is 13.2 Å². The maximum atomic E-state index is 13.3. The van der Waals surface area contributed by atoms with Crippen molar-refractivity contribution in [3.8, 4) is 11.5 Å². The molecule has 2 rings (SSSR count). The Morgan fingerprint density at radius 2 is 1.82 bits per heavy atom. The highest BCUT2D eigenvalue weighted by molar-refractivity contribution is 7.89. The summed E-state index contributed by atoms with van der Waals surface area (Å²) < 4.78 is 42.6. The zero-order valence-electron chi connectivity index (χ0n) is 20.5. The second-order valence-corrected chi connectivity index (χ2v) is 10.9. The van der Waals surface area contributed by atoms with Gasteiger partial charge in [0.1, 0.15) is 0 Å². The van der Waals surface area contributed by atoms with E-state index in [4.69, 9.17) is 14.2 Å². The third-order valence-corrected chi connectivity index (χ3v) is 8.06. The van der Waals surface area contributed by atoms with Crippen LogP contribution in [0.25, 0.3) is 0 Å². The fourth-order valence-electron chi connectivity index (χ4n) is 3.42.